The summed E-state index contributed by atoms with van der Waals surface area (Å²) in [4.78, 5) is 35.2. The molecule has 0 aromatic heterocycles. The molecule has 0 amide bonds. The fourth-order valence-corrected chi connectivity index (χ4v) is 96.1. The molecule has 10 saturated heterocycles. The second kappa shape index (κ2) is 2.21. The summed E-state index contributed by atoms with van der Waals surface area (Å²) in [6.45, 7) is -4.03. The van der Waals surface area contributed by atoms with Crippen molar-refractivity contribution in [2.75, 3.05) is 0 Å². The fourth-order valence-electron chi connectivity index (χ4n) is 20.3. The molecular weight excluding hydrogens is 448 g/mol. The molecule has 8 atom stereocenters. The summed E-state index contributed by atoms with van der Waals surface area (Å²) < 4.78 is 0.261. The molecule has 0 aliphatic carbocycles. The molecule has 0 saturated carbocycles. The van der Waals surface area contributed by atoms with Crippen molar-refractivity contribution < 1.29 is 16.1 Å². The molecule has 10 aliphatic rings. The molecule has 3 heteroatoms. The number of carbonyl (C=O) groups is 2. The molecular formula is C30H28FeO2. The summed E-state index contributed by atoms with van der Waals surface area (Å²) in [7, 11) is 0. The number of ketones is 2. The fraction of sp³-hybridized carbons (Fsp3) is 0.467. The van der Waals surface area contributed by atoms with Gasteiger partial charge in [-0.25, -0.2) is 0 Å². The van der Waals surface area contributed by atoms with Gasteiger partial charge in [-0.15, -0.1) is 0 Å². The third-order valence-corrected chi connectivity index (χ3v) is 61.5. The number of unbranched alkanes of at least 4 members (excludes halogenated alkanes) is 1. The molecule has 0 N–H and O–H groups in total. The Morgan fingerprint density at radius 3 is 1.94 bits per heavy atom. The van der Waals surface area contributed by atoms with Gasteiger partial charge in [-0.1, -0.05) is 0 Å². The Kier molecular flexibility index (Phi) is 1.06. The summed E-state index contributed by atoms with van der Waals surface area (Å²) in [6, 6.07) is 21.0. The Hall–Kier alpha value is -1.96. The van der Waals surface area contributed by atoms with Gasteiger partial charge in [0.05, 0.1) is 0 Å². The Bertz CT molecular complexity index is 1800. The summed E-state index contributed by atoms with van der Waals surface area (Å²) in [5.74, 6) is 1.18. The molecule has 10 aliphatic heterocycles. The van der Waals surface area contributed by atoms with Crippen LogP contribution >= 0.6 is 0 Å². The van der Waals surface area contributed by atoms with Gasteiger partial charge < -0.3 is 0 Å². The van der Waals surface area contributed by atoms with E-state index in [0.717, 1.165) is 69.8 Å². The van der Waals surface area contributed by atoms with Gasteiger partial charge in [0.25, 0.3) is 0 Å². The molecule has 8 unspecified atom stereocenters. The molecule has 33 heavy (non-hydrogen) atoms. The Labute approximate surface area is 184 Å². The number of Topliss-reactive ketones (excluding diaryl/α,β-unsaturated/α-hetero) is 1. The van der Waals surface area contributed by atoms with Crippen LogP contribution in [0.2, 0.25) is 47.2 Å². The average molecular weight is 476 g/mol. The first-order valence-corrected chi connectivity index (χ1v) is 19.2. The monoisotopic (exact) mass is 476 g/mol. The van der Waals surface area contributed by atoms with Crippen molar-refractivity contribution in [1.29, 1.82) is 0 Å². The number of benzene rings is 2. The summed E-state index contributed by atoms with van der Waals surface area (Å²) in [6.07, 6.45) is 8.06. The van der Waals surface area contributed by atoms with Gasteiger partial charge in [0.1, 0.15) is 0 Å². The van der Waals surface area contributed by atoms with Gasteiger partial charge in [-0.3, -0.25) is 0 Å². The predicted molar refractivity (Wildman–Crippen MR) is 125 cm³/mol. The standard InChI is InChI=1S/C16H17O.C14H11O.Fe/c17-16(15-11-5-6-12-15)13-7-4-10-14-8-2-1-3-9-14;15-14(13-8-4-5-9-13)11-10-12-6-2-1-3-7-12;/h1-3,5-6,8-9,11-12H,4,7,10,13H2;1-11H;. The SMILES string of the molecule is O=C(C=Cc1ccccc1)[C]12[CH]3[CH]4[CH]5[CH]1[Fe]45321678[CH]2[CH]1[CH]6[C]7(C(=O)CCCCc1ccccc1)[CH]28. The minimum atomic E-state index is -4.03. The van der Waals surface area contributed by atoms with Gasteiger partial charge in [0.2, 0.25) is 0 Å². The van der Waals surface area contributed by atoms with Gasteiger partial charge in [-0.2, -0.15) is 0 Å². The molecule has 2 aromatic carbocycles. The maximum atomic E-state index is 14.1. The number of aryl methyl sites for hydroxylation is 1. The van der Waals surface area contributed by atoms with Crippen molar-refractivity contribution >= 4 is 17.6 Å². The molecule has 10 heterocycles. The first kappa shape index (κ1) is 15.8. The Balaban J connectivity index is 0.913. The third-order valence-electron chi connectivity index (χ3n) is 18.8. The zero-order valence-electron chi connectivity index (χ0n) is 18.5. The first-order valence-electron chi connectivity index (χ1n) is 13.0. The Morgan fingerprint density at radius 1 is 0.758 bits per heavy atom. The van der Waals surface area contributed by atoms with E-state index in [4.69, 9.17) is 0 Å². The number of allylic oxidation sites excluding steroid dienone is 1. The molecule has 168 valence electrons. The van der Waals surface area contributed by atoms with Crippen LogP contribution in [0.1, 0.15) is 30.4 Å². The van der Waals surface area contributed by atoms with E-state index in [9.17, 15) is 9.59 Å². The van der Waals surface area contributed by atoms with Crippen LogP contribution in [0.25, 0.3) is 6.08 Å². The maximum absolute atomic E-state index is 14.1. The van der Waals surface area contributed by atoms with Crippen molar-refractivity contribution in [3.63, 3.8) is 0 Å². The van der Waals surface area contributed by atoms with E-state index in [-0.39, 0.29) is 8.63 Å². The van der Waals surface area contributed by atoms with E-state index in [1.54, 1.807) is 0 Å². The summed E-state index contributed by atoms with van der Waals surface area (Å²) in [5, 5.41) is 0. The van der Waals surface area contributed by atoms with Gasteiger partial charge >= 0.3 is 184 Å². The molecule has 2 nitrogen and oxygen atoms in total. The van der Waals surface area contributed by atoms with Crippen LogP contribution < -0.4 is 0 Å². The number of hydrogen-bond acceptors (Lipinski definition) is 2. The molecule has 0 bridgehead atoms. The molecule has 1 spiro atoms. The van der Waals surface area contributed by atoms with E-state index < -0.39 is 6.51 Å². The van der Waals surface area contributed by atoms with Crippen molar-refractivity contribution in [3.8, 4) is 0 Å². The van der Waals surface area contributed by atoms with Crippen molar-refractivity contribution in [2.45, 2.75) is 72.8 Å². The molecule has 12 rings (SSSR count). The van der Waals surface area contributed by atoms with Gasteiger partial charge in [-0.05, 0) is 0 Å². The number of rotatable bonds is 9. The minimum absolute atomic E-state index is 0.0966. The van der Waals surface area contributed by atoms with Gasteiger partial charge in [0, 0.05) is 0 Å². The van der Waals surface area contributed by atoms with Crippen LogP contribution in [0, 0.1) is 0 Å². The van der Waals surface area contributed by atoms with Crippen LogP contribution in [-0.4, -0.2) is 11.6 Å². The van der Waals surface area contributed by atoms with Crippen molar-refractivity contribution in [3.05, 3.63) is 77.9 Å². The molecule has 2 aromatic rings. The zero-order valence-corrected chi connectivity index (χ0v) is 19.6. The Morgan fingerprint density at radius 2 is 1.33 bits per heavy atom. The number of hydrogen-bond donors (Lipinski definition) is 0. The first-order chi connectivity index (χ1) is 15.9. The average Bonchev–Trinajstić information content (AvgIpc) is 3.80. The van der Waals surface area contributed by atoms with E-state index in [0.29, 0.717) is 11.6 Å². The van der Waals surface area contributed by atoms with E-state index in [1.807, 2.05) is 24.3 Å². The predicted octanol–water partition coefficient (Wildman–Crippen LogP) is 7.38. The summed E-state index contributed by atoms with van der Waals surface area (Å²) in [5.41, 5.74) is 2.51. The zero-order chi connectivity index (χ0) is 21.6. The number of carbonyl (C=O) groups excluding carboxylic acids is 2. The van der Waals surface area contributed by atoms with Crippen LogP contribution in [0.15, 0.2) is 66.7 Å². The summed E-state index contributed by atoms with van der Waals surface area (Å²) >= 11 is 0. The second-order valence-electron chi connectivity index (χ2n) is 15.0. The quantitative estimate of drug-likeness (QED) is 0.215. The van der Waals surface area contributed by atoms with Crippen LogP contribution in [-0.2, 0) is 22.5 Å². The number of fused-ring (bicyclic) bond motifs is 10. The van der Waals surface area contributed by atoms with E-state index >= 15 is 0 Å². The van der Waals surface area contributed by atoms with E-state index in [2.05, 4.69) is 48.5 Å². The molecule has 10 fully saturated rings. The second-order valence-corrected chi connectivity index (χ2v) is 38.2. The van der Waals surface area contributed by atoms with Gasteiger partial charge in [0.15, 0.2) is 0 Å². The van der Waals surface area contributed by atoms with Crippen molar-refractivity contribution in [2.24, 2.45) is 0 Å². The van der Waals surface area contributed by atoms with Crippen LogP contribution in [0.5, 0.6) is 0 Å². The third kappa shape index (κ3) is 0.339. The van der Waals surface area contributed by atoms with Crippen LogP contribution in [0.4, 0.5) is 0 Å². The van der Waals surface area contributed by atoms with Crippen LogP contribution in [0.3, 0.4) is 0 Å². The normalized spacial score (nSPS) is 69.2. The molecule has 0 radical (unpaired) electrons. The van der Waals surface area contributed by atoms with E-state index in [1.165, 1.54) is 5.56 Å². The van der Waals surface area contributed by atoms with Crippen molar-refractivity contribution in [1.82, 2.24) is 0 Å². The topological polar surface area (TPSA) is 34.1 Å².